The van der Waals surface area contributed by atoms with Gasteiger partial charge in [0.05, 0.1) is 24.0 Å². The summed E-state index contributed by atoms with van der Waals surface area (Å²) in [6, 6.07) is 2.02. The maximum Gasteiger partial charge on any atom is 0.107 e. The number of nitriles is 1. The van der Waals surface area contributed by atoms with Crippen molar-refractivity contribution in [1.82, 2.24) is 0 Å². The average molecular weight is 205 g/mol. The predicted molar refractivity (Wildman–Crippen MR) is 56.9 cm³/mol. The number of terminal acetylenes is 1. The predicted octanol–water partition coefficient (Wildman–Crippen LogP) is 2.16. The fourth-order valence-electron chi connectivity index (χ4n) is 1.93. The number of aliphatic hydroxyl groups excluding tert-OH is 1. The minimum absolute atomic E-state index is 0.186. The van der Waals surface area contributed by atoms with Crippen LogP contribution in [0, 0.1) is 29.6 Å². The van der Waals surface area contributed by atoms with Crippen LogP contribution < -0.4 is 0 Å². The lowest BCUT2D eigenvalue weighted by molar-refractivity contribution is 0.0416. The fraction of sp³-hybridized carbons (Fsp3) is 0.583. The summed E-state index contributed by atoms with van der Waals surface area (Å²) in [6.07, 6.45) is 9.83. The number of allylic oxidation sites excluding steroid dienone is 1. The highest BCUT2D eigenvalue weighted by atomic mass is 16.5. The highest BCUT2D eigenvalue weighted by Crippen LogP contribution is 2.30. The maximum absolute atomic E-state index is 8.84. The highest BCUT2D eigenvalue weighted by Gasteiger charge is 2.24. The Morgan fingerprint density at radius 2 is 2.13 bits per heavy atom. The molecule has 0 bridgehead atoms. The molecule has 0 amide bonds. The van der Waals surface area contributed by atoms with Crippen molar-refractivity contribution >= 4 is 0 Å². The van der Waals surface area contributed by atoms with Gasteiger partial charge in [0.2, 0.25) is 0 Å². The minimum atomic E-state index is 0.186. The molecule has 0 radical (unpaired) electrons. The molecule has 0 aromatic carbocycles. The molecule has 0 saturated heterocycles. The Kier molecular flexibility index (Phi) is 4.74. The van der Waals surface area contributed by atoms with Crippen molar-refractivity contribution < 1.29 is 9.84 Å². The second-order valence-electron chi connectivity index (χ2n) is 3.69. The van der Waals surface area contributed by atoms with Gasteiger partial charge in [0.15, 0.2) is 0 Å². The lowest BCUT2D eigenvalue weighted by atomic mass is 9.83. The van der Waals surface area contributed by atoms with Crippen LogP contribution in [0.25, 0.3) is 0 Å². The minimum Gasteiger partial charge on any atom is -0.515 e. The molecule has 0 spiro atoms. The van der Waals surface area contributed by atoms with Gasteiger partial charge in [-0.05, 0) is 31.6 Å². The van der Waals surface area contributed by atoms with E-state index in [1.165, 1.54) is 0 Å². The summed E-state index contributed by atoms with van der Waals surface area (Å²) >= 11 is 0. The lowest BCUT2D eigenvalue weighted by Crippen LogP contribution is -2.22. The summed E-state index contributed by atoms with van der Waals surface area (Å²) in [7, 11) is 0. The molecular weight excluding hydrogens is 190 g/mol. The van der Waals surface area contributed by atoms with Gasteiger partial charge < -0.3 is 9.84 Å². The average Bonchev–Trinajstić information content (AvgIpc) is 2.29. The van der Waals surface area contributed by atoms with Crippen molar-refractivity contribution in [3.05, 3.63) is 11.8 Å². The van der Waals surface area contributed by atoms with Crippen LogP contribution in [0.5, 0.6) is 0 Å². The van der Waals surface area contributed by atoms with Crippen molar-refractivity contribution in [2.24, 2.45) is 5.92 Å². The van der Waals surface area contributed by atoms with Crippen molar-refractivity contribution in [2.45, 2.75) is 31.8 Å². The number of ether oxygens (including phenoxy) is 1. The number of hydrogen-bond acceptors (Lipinski definition) is 3. The Balaban J connectivity index is 2.37. The van der Waals surface area contributed by atoms with Gasteiger partial charge in [-0.25, -0.2) is 0 Å². The van der Waals surface area contributed by atoms with E-state index < -0.39 is 0 Å². The molecule has 80 valence electrons. The molecule has 15 heavy (non-hydrogen) atoms. The first-order valence-corrected chi connectivity index (χ1v) is 5.11. The molecule has 0 unspecified atom stereocenters. The molecule has 1 rings (SSSR count). The number of nitrogens with zero attached hydrogens (tertiary/aromatic N) is 1. The van der Waals surface area contributed by atoms with E-state index in [0.29, 0.717) is 12.2 Å². The third kappa shape index (κ3) is 3.31. The van der Waals surface area contributed by atoms with E-state index in [1.54, 1.807) is 0 Å². The first-order valence-electron chi connectivity index (χ1n) is 5.11. The van der Waals surface area contributed by atoms with E-state index in [-0.39, 0.29) is 12.0 Å². The third-order valence-corrected chi connectivity index (χ3v) is 2.78. The Labute approximate surface area is 90.4 Å². The van der Waals surface area contributed by atoms with Gasteiger partial charge >= 0.3 is 0 Å². The Morgan fingerprint density at radius 3 is 2.60 bits per heavy atom. The molecule has 1 N–H and O–H groups in total. The molecule has 0 aliphatic heterocycles. The second-order valence-corrected chi connectivity index (χ2v) is 3.69. The van der Waals surface area contributed by atoms with Crippen molar-refractivity contribution in [3.63, 3.8) is 0 Å². The second kappa shape index (κ2) is 6.11. The molecule has 1 saturated carbocycles. The van der Waals surface area contributed by atoms with Crippen LogP contribution in [-0.4, -0.2) is 17.8 Å². The quantitative estimate of drug-likeness (QED) is 0.436. The van der Waals surface area contributed by atoms with E-state index in [2.05, 4.69) is 5.92 Å². The van der Waals surface area contributed by atoms with Crippen LogP contribution in [-0.2, 0) is 4.74 Å². The van der Waals surface area contributed by atoms with Gasteiger partial charge in [-0.1, -0.05) is 5.92 Å². The van der Waals surface area contributed by atoms with Crippen molar-refractivity contribution in [1.29, 1.82) is 5.26 Å². The first kappa shape index (κ1) is 11.6. The number of rotatable bonds is 3. The van der Waals surface area contributed by atoms with Gasteiger partial charge in [-0.15, -0.1) is 6.42 Å². The summed E-state index contributed by atoms with van der Waals surface area (Å²) in [4.78, 5) is 0. The molecule has 3 heteroatoms. The zero-order chi connectivity index (χ0) is 11.1. The first-order chi connectivity index (χ1) is 7.31. The van der Waals surface area contributed by atoms with E-state index in [1.807, 2.05) is 6.07 Å². The Hall–Kier alpha value is -1.45. The molecular formula is C12H15NO2. The zero-order valence-corrected chi connectivity index (χ0v) is 8.65. The molecule has 0 atom stereocenters. The lowest BCUT2D eigenvalue weighted by Gasteiger charge is -2.27. The smallest absolute Gasteiger partial charge is 0.107 e. The molecule has 0 heterocycles. The SMILES string of the molecule is C#CCOC1CCC(/C(C#N)=C/O)CC1. The maximum atomic E-state index is 8.84. The standard InChI is InChI=1S/C12H15NO2/c1-2-7-15-12-5-3-10(4-6-12)11(8-13)9-14/h1,9-10,12,14H,3-7H2/b11-9+. The van der Waals surface area contributed by atoms with Crippen LogP contribution in [0.2, 0.25) is 0 Å². The number of hydrogen-bond donors (Lipinski definition) is 1. The molecule has 0 aromatic heterocycles. The van der Waals surface area contributed by atoms with Crippen molar-refractivity contribution in [2.75, 3.05) is 6.61 Å². The number of aliphatic hydroxyl groups is 1. The molecule has 1 aliphatic carbocycles. The Morgan fingerprint density at radius 1 is 1.47 bits per heavy atom. The summed E-state index contributed by atoms with van der Waals surface area (Å²) in [5.74, 6) is 2.63. The molecule has 1 aliphatic rings. The van der Waals surface area contributed by atoms with E-state index in [0.717, 1.165) is 31.9 Å². The van der Waals surface area contributed by atoms with E-state index in [4.69, 9.17) is 21.5 Å². The monoisotopic (exact) mass is 205 g/mol. The fourth-order valence-corrected chi connectivity index (χ4v) is 1.93. The normalized spacial score (nSPS) is 26.7. The summed E-state index contributed by atoms with van der Waals surface area (Å²) in [6.45, 7) is 0.357. The molecule has 0 aromatic rings. The molecule has 1 fully saturated rings. The van der Waals surface area contributed by atoms with Gasteiger partial charge in [-0.3, -0.25) is 0 Å². The van der Waals surface area contributed by atoms with Crippen LogP contribution in [0.3, 0.4) is 0 Å². The largest absolute Gasteiger partial charge is 0.515 e. The van der Waals surface area contributed by atoms with Crippen LogP contribution in [0.4, 0.5) is 0 Å². The van der Waals surface area contributed by atoms with Crippen molar-refractivity contribution in [3.8, 4) is 18.4 Å². The summed E-state index contributed by atoms with van der Waals surface area (Å²) in [5, 5.41) is 17.6. The third-order valence-electron chi connectivity index (χ3n) is 2.78. The van der Waals surface area contributed by atoms with Crippen LogP contribution in [0.15, 0.2) is 11.8 Å². The van der Waals surface area contributed by atoms with Gasteiger partial charge in [0, 0.05) is 0 Å². The zero-order valence-electron chi connectivity index (χ0n) is 8.65. The highest BCUT2D eigenvalue weighted by molar-refractivity contribution is 5.21. The summed E-state index contributed by atoms with van der Waals surface area (Å²) in [5.41, 5.74) is 0.477. The van der Waals surface area contributed by atoms with Gasteiger partial charge in [0.25, 0.3) is 0 Å². The summed E-state index contributed by atoms with van der Waals surface area (Å²) < 4.78 is 5.43. The van der Waals surface area contributed by atoms with Crippen LogP contribution in [0.1, 0.15) is 25.7 Å². The van der Waals surface area contributed by atoms with Gasteiger partial charge in [-0.2, -0.15) is 5.26 Å². The van der Waals surface area contributed by atoms with E-state index in [9.17, 15) is 0 Å². The topological polar surface area (TPSA) is 53.2 Å². The van der Waals surface area contributed by atoms with Crippen LogP contribution >= 0.6 is 0 Å². The van der Waals surface area contributed by atoms with Gasteiger partial charge in [0.1, 0.15) is 6.61 Å². The van der Waals surface area contributed by atoms with E-state index >= 15 is 0 Å². The Bertz CT molecular complexity index is 301. The molecule has 3 nitrogen and oxygen atoms in total.